The molecule has 3 aromatic carbocycles. The highest BCUT2D eigenvalue weighted by atomic mass is 127. The largest absolute Gasteiger partial charge is 0.482 e. The zero-order chi connectivity index (χ0) is 32.2. The fourth-order valence-corrected chi connectivity index (χ4v) is 6.27. The van der Waals surface area contributed by atoms with E-state index >= 15 is 0 Å². The van der Waals surface area contributed by atoms with Crippen LogP contribution in [0.1, 0.15) is 22.5 Å². The number of para-hydroxylation sites is 3. The third kappa shape index (κ3) is 6.71. The van der Waals surface area contributed by atoms with Crippen molar-refractivity contribution in [2.75, 3.05) is 19.7 Å². The molecular formula is C35H32IN3O7. The summed E-state index contributed by atoms with van der Waals surface area (Å²) in [5.74, 6) is -0.578. The lowest BCUT2D eigenvalue weighted by molar-refractivity contribution is -0.118. The van der Waals surface area contributed by atoms with E-state index in [0.29, 0.717) is 23.1 Å². The summed E-state index contributed by atoms with van der Waals surface area (Å²) in [7, 11) is 0. The second-order valence-electron chi connectivity index (χ2n) is 11.1. The molecule has 6 rings (SSSR count). The fraction of sp³-hybridized carbons (Fsp3) is 0.229. The summed E-state index contributed by atoms with van der Waals surface area (Å²) in [5, 5.41) is 25.4. The van der Waals surface area contributed by atoms with E-state index in [9.17, 15) is 24.6 Å². The number of carbonyl (C=O) groups is 2. The highest BCUT2D eigenvalue weighted by Crippen LogP contribution is 2.31. The molecular weight excluding hydrogens is 701 g/mol. The average Bonchev–Trinajstić information content (AvgIpc) is 3.48. The number of rotatable bonds is 10. The third-order valence-electron chi connectivity index (χ3n) is 8.05. The van der Waals surface area contributed by atoms with E-state index in [4.69, 9.17) is 9.15 Å². The number of fused-ring (bicyclic) bond motifs is 2. The van der Waals surface area contributed by atoms with Crippen molar-refractivity contribution in [3.63, 3.8) is 0 Å². The molecule has 4 N–H and O–H groups in total. The molecule has 10 nitrogen and oxygen atoms in total. The van der Waals surface area contributed by atoms with Crippen molar-refractivity contribution >= 4 is 56.3 Å². The number of hydrogen-bond acceptors (Lipinski definition) is 7. The average molecular weight is 734 g/mol. The number of halogens is 1. The van der Waals surface area contributed by atoms with E-state index in [1.165, 1.54) is 11.0 Å². The van der Waals surface area contributed by atoms with Crippen LogP contribution in [0.15, 0.2) is 106 Å². The van der Waals surface area contributed by atoms with Gasteiger partial charge in [0.2, 0.25) is 5.91 Å². The minimum absolute atomic E-state index is 0.0124. The Morgan fingerprint density at radius 1 is 1.02 bits per heavy atom. The smallest absolute Gasteiger partial charge is 0.349 e. The molecule has 0 aliphatic heterocycles. The van der Waals surface area contributed by atoms with Gasteiger partial charge in [0, 0.05) is 48.1 Å². The molecule has 2 aromatic heterocycles. The van der Waals surface area contributed by atoms with E-state index < -0.39 is 35.7 Å². The Morgan fingerprint density at radius 3 is 2.54 bits per heavy atom. The summed E-state index contributed by atoms with van der Waals surface area (Å²) in [4.78, 5) is 45.6. The SMILES string of the molecule is O=C(NCCO)C1=CC(Oc2ccccc2I)C(O)C(N(CCc2cc3ccccc3[nH]2)C(=O)c2cc3ccccc3oc2=O)C1. The highest BCUT2D eigenvalue weighted by Gasteiger charge is 2.41. The Kier molecular flexibility index (Phi) is 9.52. The van der Waals surface area contributed by atoms with E-state index in [1.54, 1.807) is 42.5 Å². The van der Waals surface area contributed by atoms with Crippen LogP contribution in [-0.4, -0.2) is 69.9 Å². The first-order valence-electron chi connectivity index (χ1n) is 14.9. The van der Waals surface area contributed by atoms with Crippen LogP contribution >= 0.6 is 22.6 Å². The molecule has 0 saturated carbocycles. The standard InChI is InChI=1S/C35H32IN3O7/c36-26-9-3-6-12-30(26)45-31-20-23(33(42)37-14-16-40)19-28(32(31)41)39(15-13-24-17-21-7-1-4-10-27(21)38-24)34(43)25-18-22-8-2-5-11-29(22)46-35(25)44/h1-12,17-18,20,28,31-32,38,40-41H,13-16,19H2,(H,37,42). The number of nitrogens with one attached hydrogen (secondary N) is 2. The van der Waals surface area contributed by atoms with Gasteiger partial charge in [0.05, 0.1) is 16.2 Å². The van der Waals surface area contributed by atoms with Crippen LogP contribution in [0.4, 0.5) is 0 Å². The molecule has 0 spiro atoms. The van der Waals surface area contributed by atoms with E-state index in [1.807, 2.05) is 42.5 Å². The monoisotopic (exact) mass is 733 g/mol. The molecule has 236 valence electrons. The van der Waals surface area contributed by atoms with Crippen LogP contribution in [0.5, 0.6) is 5.75 Å². The van der Waals surface area contributed by atoms with Gasteiger partial charge < -0.3 is 34.6 Å². The molecule has 0 fully saturated rings. The predicted octanol–water partition coefficient (Wildman–Crippen LogP) is 4.18. The quantitative estimate of drug-likeness (QED) is 0.125. The molecule has 0 saturated heterocycles. The van der Waals surface area contributed by atoms with Crippen molar-refractivity contribution in [2.45, 2.75) is 31.1 Å². The van der Waals surface area contributed by atoms with E-state index in [0.717, 1.165) is 20.2 Å². The van der Waals surface area contributed by atoms with Crippen molar-refractivity contribution in [1.29, 1.82) is 0 Å². The molecule has 3 atom stereocenters. The van der Waals surface area contributed by atoms with Crippen molar-refractivity contribution in [3.05, 3.63) is 122 Å². The molecule has 46 heavy (non-hydrogen) atoms. The van der Waals surface area contributed by atoms with Gasteiger partial charge in [-0.3, -0.25) is 9.59 Å². The summed E-state index contributed by atoms with van der Waals surface area (Å²) in [6.45, 7) is -0.104. The number of aromatic nitrogens is 1. The van der Waals surface area contributed by atoms with Crippen LogP contribution in [0.2, 0.25) is 0 Å². The number of ether oxygens (including phenoxy) is 1. The molecule has 11 heteroatoms. The maximum atomic E-state index is 14.4. The Morgan fingerprint density at radius 2 is 1.76 bits per heavy atom. The molecule has 5 aromatic rings. The fourth-order valence-electron chi connectivity index (χ4n) is 5.76. The van der Waals surface area contributed by atoms with E-state index in [2.05, 4.69) is 32.9 Å². The van der Waals surface area contributed by atoms with Gasteiger partial charge in [-0.15, -0.1) is 0 Å². The lowest BCUT2D eigenvalue weighted by atomic mass is 9.87. The lowest BCUT2D eigenvalue weighted by Crippen LogP contribution is -2.56. The molecule has 0 bridgehead atoms. The van der Waals surface area contributed by atoms with Crippen LogP contribution in [0, 0.1) is 3.57 Å². The Balaban J connectivity index is 1.39. The van der Waals surface area contributed by atoms with Gasteiger partial charge in [-0.05, 0) is 70.5 Å². The first-order chi connectivity index (χ1) is 22.3. The second-order valence-corrected chi connectivity index (χ2v) is 12.2. The maximum absolute atomic E-state index is 14.4. The number of nitrogens with zero attached hydrogens (tertiary/aromatic N) is 1. The number of aliphatic hydroxyl groups excluding tert-OH is 2. The topological polar surface area (TPSA) is 145 Å². The van der Waals surface area contributed by atoms with E-state index in [-0.39, 0.29) is 37.3 Å². The van der Waals surface area contributed by atoms with Crippen LogP contribution in [0.25, 0.3) is 21.9 Å². The van der Waals surface area contributed by atoms with Crippen molar-refractivity contribution < 1.29 is 29.0 Å². The Hall–Kier alpha value is -4.46. The zero-order valence-electron chi connectivity index (χ0n) is 24.7. The minimum Gasteiger partial charge on any atom is -0.482 e. The zero-order valence-corrected chi connectivity index (χ0v) is 26.8. The summed E-state index contributed by atoms with van der Waals surface area (Å²) in [6.07, 6.45) is -0.339. The third-order valence-corrected chi connectivity index (χ3v) is 8.95. The van der Waals surface area contributed by atoms with Crippen molar-refractivity contribution in [3.8, 4) is 5.75 Å². The number of H-pyrrole nitrogens is 1. The van der Waals surface area contributed by atoms with Gasteiger partial charge in [0.15, 0.2) is 0 Å². The molecule has 1 aliphatic carbocycles. The van der Waals surface area contributed by atoms with Crippen molar-refractivity contribution in [1.82, 2.24) is 15.2 Å². The van der Waals surface area contributed by atoms with Gasteiger partial charge in [-0.1, -0.05) is 48.5 Å². The molecule has 0 radical (unpaired) electrons. The summed E-state index contributed by atoms with van der Waals surface area (Å²) in [5.41, 5.74) is 1.46. The van der Waals surface area contributed by atoms with Crippen LogP contribution in [-0.2, 0) is 11.2 Å². The van der Waals surface area contributed by atoms with Gasteiger partial charge in [0.1, 0.15) is 29.1 Å². The molecule has 1 aliphatic rings. The number of aliphatic hydroxyl groups is 2. The minimum atomic E-state index is -1.26. The summed E-state index contributed by atoms with van der Waals surface area (Å²) in [6, 6.07) is 24.6. The summed E-state index contributed by atoms with van der Waals surface area (Å²) >= 11 is 2.13. The van der Waals surface area contributed by atoms with Gasteiger partial charge in [-0.25, -0.2) is 4.79 Å². The lowest BCUT2D eigenvalue weighted by Gasteiger charge is -2.40. The number of aromatic amines is 1. The predicted molar refractivity (Wildman–Crippen MR) is 182 cm³/mol. The number of carbonyl (C=O) groups excluding carboxylic acids is 2. The molecule has 3 unspecified atom stereocenters. The Labute approximate surface area is 277 Å². The normalized spacial score (nSPS) is 17.9. The number of amides is 2. The first-order valence-corrected chi connectivity index (χ1v) is 16.0. The first kappa shape index (κ1) is 31.5. The van der Waals surface area contributed by atoms with Gasteiger partial charge in [0.25, 0.3) is 5.91 Å². The second kappa shape index (κ2) is 13.9. The van der Waals surface area contributed by atoms with Gasteiger partial charge >= 0.3 is 5.63 Å². The van der Waals surface area contributed by atoms with Crippen LogP contribution < -0.4 is 15.7 Å². The molecule has 2 amide bonds. The molecule has 2 heterocycles. The van der Waals surface area contributed by atoms with Crippen molar-refractivity contribution in [2.24, 2.45) is 0 Å². The number of hydrogen-bond donors (Lipinski definition) is 4. The maximum Gasteiger partial charge on any atom is 0.349 e. The highest BCUT2D eigenvalue weighted by molar-refractivity contribution is 14.1. The van der Waals surface area contributed by atoms with Gasteiger partial charge in [-0.2, -0.15) is 0 Å². The Bertz CT molecular complexity index is 1950. The number of benzene rings is 3. The summed E-state index contributed by atoms with van der Waals surface area (Å²) < 4.78 is 12.5. The van der Waals surface area contributed by atoms with Crippen LogP contribution in [0.3, 0.4) is 0 Å².